The molecular weight excluding hydrogens is 282 g/mol. The highest BCUT2D eigenvalue weighted by Crippen LogP contribution is 2.19. The third kappa shape index (κ3) is 4.00. The van der Waals surface area contributed by atoms with E-state index in [2.05, 4.69) is 6.92 Å². The van der Waals surface area contributed by atoms with E-state index in [4.69, 9.17) is 9.47 Å². The van der Waals surface area contributed by atoms with Crippen molar-refractivity contribution in [2.24, 2.45) is 0 Å². The second-order valence-electron chi connectivity index (χ2n) is 5.45. The second-order valence-corrected chi connectivity index (χ2v) is 5.45. The van der Waals surface area contributed by atoms with Gasteiger partial charge in [0, 0.05) is 12.6 Å². The maximum absolute atomic E-state index is 12.2. The van der Waals surface area contributed by atoms with Crippen LogP contribution in [0.4, 0.5) is 0 Å². The predicted molar refractivity (Wildman–Crippen MR) is 82.9 cm³/mol. The van der Waals surface area contributed by atoms with Gasteiger partial charge in [-0.1, -0.05) is 6.92 Å². The van der Waals surface area contributed by atoms with Gasteiger partial charge in [-0.05, 0) is 49.9 Å². The van der Waals surface area contributed by atoms with Crippen LogP contribution >= 0.6 is 0 Å². The zero-order valence-electron chi connectivity index (χ0n) is 13.2. The first-order valence-electron chi connectivity index (χ1n) is 7.76. The Balaban J connectivity index is 1.88. The summed E-state index contributed by atoms with van der Waals surface area (Å²) in [7, 11) is 1.56. The summed E-state index contributed by atoms with van der Waals surface area (Å²) in [6, 6.07) is 6.91. The van der Waals surface area contributed by atoms with E-state index < -0.39 is 5.97 Å². The van der Waals surface area contributed by atoms with E-state index in [1.54, 1.807) is 31.4 Å². The fraction of sp³-hybridized carbons (Fsp3) is 0.529. The van der Waals surface area contributed by atoms with E-state index in [0.717, 1.165) is 32.2 Å². The molecule has 1 atom stereocenters. The molecule has 1 aliphatic rings. The van der Waals surface area contributed by atoms with Crippen LogP contribution in [0, 0.1) is 0 Å². The molecule has 1 heterocycles. The molecule has 0 aromatic heterocycles. The Hall–Kier alpha value is -2.04. The first-order chi connectivity index (χ1) is 10.7. The summed E-state index contributed by atoms with van der Waals surface area (Å²) in [5, 5.41) is 0. The van der Waals surface area contributed by atoms with Crippen molar-refractivity contribution in [3.05, 3.63) is 29.8 Å². The van der Waals surface area contributed by atoms with Crippen molar-refractivity contribution in [1.82, 2.24) is 4.90 Å². The number of esters is 1. The van der Waals surface area contributed by atoms with Crippen LogP contribution < -0.4 is 4.74 Å². The number of hydrogen-bond donors (Lipinski definition) is 0. The van der Waals surface area contributed by atoms with Crippen molar-refractivity contribution in [1.29, 1.82) is 0 Å². The van der Waals surface area contributed by atoms with Gasteiger partial charge in [0.1, 0.15) is 5.75 Å². The molecule has 120 valence electrons. The summed E-state index contributed by atoms with van der Waals surface area (Å²) in [5.41, 5.74) is 0.416. The predicted octanol–water partition coefficient (Wildman–Crippen LogP) is 2.64. The molecule has 0 saturated carbocycles. The van der Waals surface area contributed by atoms with Crippen molar-refractivity contribution in [3.63, 3.8) is 0 Å². The molecule has 1 aromatic carbocycles. The molecule has 5 nitrogen and oxygen atoms in total. The normalized spacial score (nSPS) is 17.9. The van der Waals surface area contributed by atoms with E-state index >= 15 is 0 Å². The second kappa shape index (κ2) is 7.82. The summed E-state index contributed by atoms with van der Waals surface area (Å²) < 4.78 is 10.2. The zero-order chi connectivity index (χ0) is 15.9. The van der Waals surface area contributed by atoms with Gasteiger partial charge in [0.2, 0.25) is 0 Å². The van der Waals surface area contributed by atoms with Crippen LogP contribution in [0.5, 0.6) is 5.75 Å². The van der Waals surface area contributed by atoms with Gasteiger partial charge < -0.3 is 14.4 Å². The van der Waals surface area contributed by atoms with Gasteiger partial charge in [0.15, 0.2) is 6.61 Å². The number of benzene rings is 1. The van der Waals surface area contributed by atoms with Gasteiger partial charge in [-0.25, -0.2) is 4.79 Å². The summed E-state index contributed by atoms with van der Waals surface area (Å²) in [5.74, 6) is 0.0844. The zero-order valence-corrected chi connectivity index (χ0v) is 13.2. The number of hydrogen-bond acceptors (Lipinski definition) is 4. The Morgan fingerprint density at radius 1 is 1.23 bits per heavy atom. The molecule has 0 N–H and O–H groups in total. The standard InChI is InChI=1S/C17H23NO4/c1-3-14-6-4-5-11-18(14)16(19)12-22-17(20)13-7-9-15(21-2)10-8-13/h7-10,14H,3-6,11-12H2,1-2H3. The number of methoxy groups -OCH3 is 1. The van der Waals surface area contributed by atoms with Gasteiger partial charge in [-0.2, -0.15) is 0 Å². The van der Waals surface area contributed by atoms with Crippen LogP contribution in [0.2, 0.25) is 0 Å². The Morgan fingerprint density at radius 3 is 2.59 bits per heavy atom. The van der Waals surface area contributed by atoms with E-state index in [1.807, 2.05) is 4.90 Å². The van der Waals surface area contributed by atoms with Gasteiger partial charge in [-0.15, -0.1) is 0 Å². The molecule has 1 saturated heterocycles. The fourth-order valence-corrected chi connectivity index (χ4v) is 2.77. The Labute approximate surface area is 131 Å². The third-order valence-corrected chi connectivity index (χ3v) is 4.07. The van der Waals surface area contributed by atoms with E-state index in [1.165, 1.54) is 0 Å². The van der Waals surface area contributed by atoms with Crippen molar-refractivity contribution in [2.75, 3.05) is 20.3 Å². The van der Waals surface area contributed by atoms with Gasteiger partial charge in [0.25, 0.3) is 5.91 Å². The largest absolute Gasteiger partial charge is 0.497 e. The van der Waals surface area contributed by atoms with Crippen LogP contribution in [0.1, 0.15) is 43.0 Å². The third-order valence-electron chi connectivity index (χ3n) is 4.07. The molecule has 0 spiro atoms. The molecule has 1 aromatic rings. The molecule has 1 fully saturated rings. The van der Waals surface area contributed by atoms with Gasteiger partial charge in [0.05, 0.1) is 12.7 Å². The molecule has 0 bridgehead atoms. The van der Waals surface area contributed by atoms with E-state index in [0.29, 0.717) is 11.3 Å². The quantitative estimate of drug-likeness (QED) is 0.785. The Morgan fingerprint density at radius 2 is 1.95 bits per heavy atom. The number of amides is 1. The van der Waals surface area contributed by atoms with Crippen LogP contribution in [-0.2, 0) is 9.53 Å². The molecule has 5 heteroatoms. The monoisotopic (exact) mass is 305 g/mol. The highest BCUT2D eigenvalue weighted by atomic mass is 16.5. The summed E-state index contributed by atoms with van der Waals surface area (Å²) in [4.78, 5) is 26.0. The molecule has 1 aliphatic heterocycles. The lowest BCUT2D eigenvalue weighted by Crippen LogP contribution is -2.45. The average Bonchev–Trinajstić information content (AvgIpc) is 2.59. The average molecular weight is 305 g/mol. The molecule has 0 aliphatic carbocycles. The molecule has 1 unspecified atom stereocenters. The maximum atomic E-state index is 12.2. The molecule has 1 amide bonds. The topological polar surface area (TPSA) is 55.8 Å². The number of carbonyl (C=O) groups is 2. The first kappa shape index (κ1) is 16.3. The number of rotatable bonds is 5. The fourth-order valence-electron chi connectivity index (χ4n) is 2.77. The lowest BCUT2D eigenvalue weighted by atomic mass is 10.00. The minimum absolute atomic E-state index is 0.103. The van der Waals surface area contributed by atoms with Crippen molar-refractivity contribution >= 4 is 11.9 Å². The minimum Gasteiger partial charge on any atom is -0.497 e. The highest BCUT2D eigenvalue weighted by molar-refractivity contribution is 5.91. The Kier molecular flexibility index (Phi) is 5.81. The maximum Gasteiger partial charge on any atom is 0.338 e. The number of nitrogens with zero attached hydrogens (tertiary/aromatic N) is 1. The van der Waals surface area contributed by atoms with Crippen molar-refractivity contribution in [3.8, 4) is 5.75 Å². The molecule has 2 rings (SSSR count). The SMILES string of the molecule is CCC1CCCCN1C(=O)COC(=O)c1ccc(OC)cc1. The molecular formula is C17H23NO4. The van der Waals surface area contributed by atoms with E-state index in [9.17, 15) is 9.59 Å². The van der Waals surface area contributed by atoms with Crippen LogP contribution in [0.3, 0.4) is 0 Å². The van der Waals surface area contributed by atoms with Crippen molar-refractivity contribution in [2.45, 2.75) is 38.6 Å². The van der Waals surface area contributed by atoms with Crippen molar-refractivity contribution < 1.29 is 19.1 Å². The highest BCUT2D eigenvalue weighted by Gasteiger charge is 2.25. The summed E-state index contributed by atoms with van der Waals surface area (Å²) in [6.07, 6.45) is 4.16. The van der Waals surface area contributed by atoms with Crippen LogP contribution in [0.25, 0.3) is 0 Å². The Bertz CT molecular complexity index is 512. The lowest BCUT2D eigenvalue weighted by molar-refractivity contribution is -0.138. The number of likely N-dealkylation sites (tertiary alicyclic amines) is 1. The summed E-state index contributed by atoms with van der Waals surface area (Å²) in [6.45, 7) is 2.65. The van der Waals surface area contributed by atoms with Gasteiger partial charge >= 0.3 is 5.97 Å². The van der Waals surface area contributed by atoms with Crippen LogP contribution in [-0.4, -0.2) is 43.1 Å². The minimum atomic E-state index is -0.485. The van der Waals surface area contributed by atoms with Crippen LogP contribution in [0.15, 0.2) is 24.3 Å². The number of ether oxygens (including phenoxy) is 2. The first-order valence-corrected chi connectivity index (χ1v) is 7.76. The van der Waals surface area contributed by atoms with E-state index in [-0.39, 0.29) is 18.6 Å². The molecule has 0 radical (unpaired) electrons. The van der Waals surface area contributed by atoms with Gasteiger partial charge in [-0.3, -0.25) is 4.79 Å². The number of piperidine rings is 1. The summed E-state index contributed by atoms with van der Waals surface area (Å²) >= 11 is 0. The smallest absolute Gasteiger partial charge is 0.338 e. The lowest BCUT2D eigenvalue weighted by Gasteiger charge is -2.35. The number of carbonyl (C=O) groups excluding carboxylic acids is 2. The molecule has 22 heavy (non-hydrogen) atoms.